The van der Waals surface area contributed by atoms with Gasteiger partial charge in [0, 0.05) is 32.6 Å². The summed E-state index contributed by atoms with van der Waals surface area (Å²) in [5.74, 6) is 0.624. The van der Waals surface area contributed by atoms with E-state index in [9.17, 15) is 4.79 Å². The smallest absolute Gasteiger partial charge is 0.256 e. The molecule has 6 heteroatoms. The van der Waals surface area contributed by atoms with Gasteiger partial charge >= 0.3 is 0 Å². The molecule has 0 bridgehead atoms. The summed E-state index contributed by atoms with van der Waals surface area (Å²) in [6.45, 7) is 3.18. The minimum absolute atomic E-state index is 0.0468. The number of carbonyl (C=O) groups excluding carboxylic acids is 1. The molecule has 0 saturated heterocycles. The number of hydrogen-bond acceptors (Lipinski definition) is 3. The first kappa shape index (κ1) is 17.9. The molecule has 3 aromatic rings. The lowest BCUT2D eigenvalue weighted by Gasteiger charge is -2.13. The van der Waals surface area contributed by atoms with Gasteiger partial charge in [0.05, 0.1) is 12.3 Å². The Morgan fingerprint density at radius 2 is 1.92 bits per heavy atom. The van der Waals surface area contributed by atoms with Crippen molar-refractivity contribution in [1.29, 1.82) is 0 Å². The third kappa shape index (κ3) is 4.21. The molecule has 0 spiro atoms. The molecule has 1 amide bonds. The summed E-state index contributed by atoms with van der Waals surface area (Å²) in [7, 11) is 1.82. The van der Waals surface area contributed by atoms with E-state index < -0.39 is 0 Å². The molecule has 0 aliphatic heterocycles. The van der Waals surface area contributed by atoms with Gasteiger partial charge in [0.1, 0.15) is 11.4 Å². The summed E-state index contributed by atoms with van der Waals surface area (Å²) >= 11 is 0. The van der Waals surface area contributed by atoms with Crippen molar-refractivity contribution in [2.75, 3.05) is 13.2 Å². The molecule has 6 nitrogen and oxygen atoms in total. The first-order valence-corrected chi connectivity index (χ1v) is 8.77. The van der Waals surface area contributed by atoms with Crippen molar-refractivity contribution in [1.82, 2.24) is 19.7 Å². The van der Waals surface area contributed by atoms with E-state index in [-0.39, 0.29) is 12.0 Å². The largest absolute Gasteiger partial charge is 0.374 e. The molecule has 26 heavy (non-hydrogen) atoms. The number of nitrogens with zero attached hydrogens (tertiary/aromatic N) is 3. The third-order valence-electron chi connectivity index (χ3n) is 4.24. The number of amides is 1. The van der Waals surface area contributed by atoms with Crippen LogP contribution in [0, 0.1) is 0 Å². The lowest BCUT2D eigenvalue weighted by Crippen LogP contribution is -2.26. The number of rotatable bonds is 8. The molecule has 1 atom stereocenters. The number of carbonyl (C=O) groups is 1. The highest BCUT2D eigenvalue weighted by atomic mass is 16.5. The molecule has 3 rings (SSSR count). The molecule has 1 aromatic carbocycles. The Morgan fingerprint density at radius 1 is 1.19 bits per heavy atom. The Kier molecular flexibility index (Phi) is 5.86. The van der Waals surface area contributed by atoms with E-state index in [0.29, 0.717) is 18.7 Å². The lowest BCUT2D eigenvalue weighted by molar-refractivity contribution is 0.0635. The SMILES string of the molecule is CC(OCCCNC(=O)c1cnn(C)c1-n1cccc1)c1ccccc1. The number of ether oxygens (including phenoxy) is 1. The summed E-state index contributed by atoms with van der Waals surface area (Å²) in [5, 5.41) is 7.15. The Hall–Kier alpha value is -2.86. The molecule has 0 radical (unpaired) electrons. The second kappa shape index (κ2) is 8.49. The van der Waals surface area contributed by atoms with E-state index in [1.165, 1.54) is 0 Å². The van der Waals surface area contributed by atoms with Crippen LogP contribution in [0.2, 0.25) is 0 Å². The topological polar surface area (TPSA) is 61.1 Å². The minimum atomic E-state index is -0.127. The Morgan fingerprint density at radius 3 is 2.65 bits per heavy atom. The average molecular weight is 352 g/mol. The standard InChI is InChI=1S/C20H24N4O2/c1-16(17-9-4-3-5-10-17)26-14-8-11-21-19(25)18-15-22-23(2)20(18)24-12-6-7-13-24/h3-7,9-10,12-13,15-16H,8,11,14H2,1-2H3,(H,21,25). The van der Waals surface area contributed by atoms with Crippen molar-refractivity contribution in [2.45, 2.75) is 19.4 Å². The average Bonchev–Trinajstić information content (AvgIpc) is 3.31. The monoisotopic (exact) mass is 352 g/mol. The Labute approximate surface area is 153 Å². The van der Waals surface area contributed by atoms with Crippen LogP contribution in [0.1, 0.15) is 35.4 Å². The number of aromatic nitrogens is 3. The third-order valence-corrected chi connectivity index (χ3v) is 4.24. The van der Waals surface area contributed by atoms with Crippen LogP contribution in [-0.4, -0.2) is 33.4 Å². The highest BCUT2D eigenvalue weighted by molar-refractivity contribution is 5.97. The molecule has 1 unspecified atom stereocenters. The maximum absolute atomic E-state index is 12.5. The summed E-state index contributed by atoms with van der Waals surface area (Å²) in [6, 6.07) is 13.9. The summed E-state index contributed by atoms with van der Waals surface area (Å²) in [5.41, 5.74) is 1.71. The van der Waals surface area contributed by atoms with E-state index in [1.807, 2.05) is 61.3 Å². The number of nitrogens with one attached hydrogen (secondary N) is 1. The fourth-order valence-corrected chi connectivity index (χ4v) is 2.82. The van der Waals surface area contributed by atoms with Gasteiger partial charge in [-0.1, -0.05) is 30.3 Å². The number of aryl methyl sites for hydroxylation is 1. The van der Waals surface area contributed by atoms with E-state index in [0.717, 1.165) is 17.8 Å². The molecule has 0 aliphatic carbocycles. The second-order valence-electron chi connectivity index (χ2n) is 6.13. The minimum Gasteiger partial charge on any atom is -0.374 e. The predicted octanol–water partition coefficient (Wildman–Crippen LogP) is 3.11. The molecule has 2 heterocycles. The van der Waals surface area contributed by atoms with Crippen LogP contribution in [0.25, 0.3) is 5.82 Å². The van der Waals surface area contributed by atoms with Gasteiger partial charge in [-0.05, 0) is 31.0 Å². The highest BCUT2D eigenvalue weighted by Crippen LogP contribution is 2.16. The highest BCUT2D eigenvalue weighted by Gasteiger charge is 2.16. The zero-order valence-corrected chi connectivity index (χ0v) is 15.1. The summed E-state index contributed by atoms with van der Waals surface area (Å²) in [4.78, 5) is 12.5. The van der Waals surface area contributed by atoms with Gasteiger partial charge in [-0.15, -0.1) is 0 Å². The van der Waals surface area contributed by atoms with Gasteiger partial charge < -0.3 is 14.6 Å². The molecule has 1 N–H and O–H groups in total. The van der Waals surface area contributed by atoms with Gasteiger partial charge in [0.2, 0.25) is 0 Å². The van der Waals surface area contributed by atoms with Crippen LogP contribution >= 0.6 is 0 Å². The zero-order valence-electron chi connectivity index (χ0n) is 15.1. The maximum Gasteiger partial charge on any atom is 0.256 e. The van der Waals surface area contributed by atoms with E-state index in [1.54, 1.807) is 10.9 Å². The molecule has 0 fully saturated rings. The fraction of sp³-hybridized carbons (Fsp3) is 0.300. The van der Waals surface area contributed by atoms with Crippen molar-refractivity contribution < 1.29 is 9.53 Å². The molecular formula is C20H24N4O2. The van der Waals surface area contributed by atoms with Crippen molar-refractivity contribution >= 4 is 5.91 Å². The number of hydrogen-bond donors (Lipinski definition) is 1. The summed E-state index contributed by atoms with van der Waals surface area (Å²) < 4.78 is 9.41. The Balaban J connectivity index is 1.47. The van der Waals surface area contributed by atoms with Crippen LogP contribution in [0.4, 0.5) is 0 Å². The van der Waals surface area contributed by atoms with Crippen LogP contribution in [0.3, 0.4) is 0 Å². The first-order chi connectivity index (χ1) is 12.7. The second-order valence-corrected chi connectivity index (χ2v) is 6.13. The molecular weight excluding hydrogens is 328 g/mol. The van der Waals surface area contributed by atoms with Gasteiger partial charge in [-0.3, -0.25) is 9.48 Å². The Bertz CT molecular complexity index is 825. The van der Waals surface area contributed by atoms with E-state index in [4.69, 9.17) is 4.74 Å². The van der Waals surface area contributed by atoms with Gasteiger partial charge in [0.15, 0.2) is 0 Å². The van der Waals surface area contributed by atoms with Crippen molar-refractivity contribution in [3.8, 4) is 5.82 Å². The normalized spacial score (nSPS) is 12.1. The quantitative estimate of drug-likeness (QED) is 0.634. The van der Waals surface area contributed by atoms with Crippen molar-refractivity contribution in [3.63, 3.8) is 0 Å². The van der Waals surface area contributed by atoms with Crippen LogP contribution in [0.5, 0.6) is 0 Å². The maximum atomic E-state index is 12.5. The zero-order chi connectivity index (χ0) is 18.4. The molecule has 0 aliphatic rings. The molecule has 0 saturated carbocycles. The van der Waals surface area contributed by atoms with Gasteiger partial charge in [-0.2, -0.15) is 5.10 Å². The van der Waals surface area contributed by atoms with E-state index in [2.05, 4.69) is 22.5 Å². The molecule has 136 valence electrons. The predicted molar refractivity (Wildman–Crippen MR) is 100 cm³/mol. The summed E-state index contributed by atoms with van der Waals surface area (Å²) in [6.07, 6.45) is 6.19. The van der Waals surface area contributed by atoms with Gasteiger partial charge in [-0.25, -0.2) is 0 Å². The van der Waals surface area contributed by atoms with Crippen LogP contribution < -0.4 is 5.32 Å². The fourth-order valence-electron chi connectivity index (χ4n) is 2.82. The van der Waals surface area contributed by atoms with E-state index >= 15 is 0 Å². The van der Waals surface area contributed by atoms with Crippen molar-refractivity contribution in [3.05, 3.63) is 72.2 Å². The number of benzene rings is 1. The molecule has 2 aromatic heterocycles. The van der Waals surface area contributed by atoms with Gasteiger partial charge in [0.25, 0.3) is 5.91 Å². The first-order valence-electron chi connectivity index (χ1n) is 8.77. The van der Waals surface area contributed by atoms with Crippen LogP contribution in [-0.2, 0) is 11.8 Å². The van der Waals surface area contributed by atoms with Crippen molar-refractivity contribution in [2.24, 2.45) is 7.05 Å². The lowest BCUT2D eigenvalue weighted by atomic mass is 10.1. The van der Waals surface area contributed by atoms with Crippen LogP contribution in [0.15, 0.2) is 61.1 Å².